The molecule has 2 heterocycles. The van der Waals surface area contributed by atoms with Crippen molar-refractivity contribution in [1.82, 2.24) is 0 Å². The van der Waals surface area contributed by atoms with Gasteiger partial charge < -0.3 is 14.6 Å². The van der Waals surface area contributed by atoms with Gasteiger partial charge in [0.1, 0.15) is 0 Å². The number of hydrogen-bond acceptors (Lipinski definition) is 3. The summed E-state index contributed by atoms with van der Waals surface area (Å²) >= 11 is 0. The highest BCUT2D eigenvalue weighted by Gasteiger charge is 2.78. The fraction of sp³-hybridized carbons (Fsp3) is 0.867. The van der Waals surface area contributed by atoms with Crippen molar-refractivity contribution in [2.75, 3.05) is 6.61 Å². The minimum atomic E-state index is -0.419. The van der Waals surface area contributed by atoms with Crippen LogP contribution < -0.4 is 0 Å². The summed E-state index contributed by atoms with van der Waals surface area (Å²) in [6, 6.07) is 0. The van der Waals surface area contributed by atoms with Crippen molar-refractivity contribution >= 4 is 0 Å². The summed E-state index contributed by atoms with van der Waals surface area (Å²) in [6.07, 6.45) is 12.9. The van der Waals surface area contributed by atoms with Gasteiger partial charge in [-0.15, -0.1) is 0 Å². The zero-order chi connectivity index (χ0) is 23.6. The Hall–Kier alpha value is -0.640. The Bertz CT molecular complexity index is 914. The van der Waals surface area contributed by atoms with Gasteiger partial charge in [-0.25, -0.2) is 0 Å². The maximum Gasteiger partial charge on any atom is 0.176 e. The van der Waals surface area contributed by atoms with Crippen LogP contribution in [-0.4, -0.2) is 29.7 Å². The van der Waals surface area contributed by atoms with Gasteiger partial charge in [0.2, 0.25) is 0 Å². The first-order valence-corrected chi connectivity index (χ1v) is 13.7. The Morgan fingerprint density at radius 1 is 1.03 bits per heavy atom. The summed E-state index contributed by atoms with van der Waals surface area (Å²) in [5, 5.41) is 10.9. The van der Waals surface area contributed by atoms with Gasteiger partial charge in [0, 0.05) is 17.8 Å². The lowest BCUT2D eigenvalue weighted by Gasteiger charge is -2.70. The van der Waals surface area contributed by atoms with Crippen molar-refractivity contribution in [2.45, 2.75) is 111 Å². The van der Waals surface area contributed by atoms with Crippen molar-refractivity contribution in [1.29, 1.82) is 0 Å². The van der Waals surface area contributed by atoms with E-state index in [0.717, 1.165) is 19.4 Å². The van der Waals surface area contributed by atoms with Crippen molar-refractivity contribution in [3.05, 3.63) is 23.3 Å². The second-order valence-corrected chi connectivity index (χ2v) is 14.3. The molecule has 33 heavy (non-hydrogen) atoms. The number of rotatable bonds is 1. The first kappa shape index (κ1) is 22.8. The summed E-state index contributed by atoms with van der Waals surface area (Å²) in [4.78, 5) is 0. The summed E-state index contributed by atoms with van der Waals surface area (Å²) in [5.41, 5.74) is 3.65. The lowest BCUT2D eigenvalue weighted by Crippen LogP contribution is -2.65. The number of fused-ring (bicyclic) bond motifs is 4. The lowest BCUT2D eigenvalue weighted by molar-refractivity contribution is -0.279. The number of aliphatic hydroxyl groups excluding tert-OH is 1. The van der Waals surface area contributed by atoms with Crippen LogP contribution in [0.25, 0.3) is 0 Å². The van der Waals surface area contributed by atoms with Crippen molar-refractivity contribution in [3.8, 4) is 0 Å². The van der Waals surface area contributed by atoms with E-state index in [1.54, 1.807) is 0 Å². The van der Waals surface area contributed by atoms with Gasteiger partial charge in [0.15, 0.2) is 5.79 Å². The van der Waals surface area contributed by atoms with E-state index in [1.807, 2.05) is 0 Å². The molecule has 0 amide bonds. The summed E-state index contributed by atoms with van der Waals surface area (Å²) in [7, 11) is 0. The van der Waals surface area contributed by atoms with Crippen molar-refractivity contribution in [2.24, 2.45) is 45.3 Å². The maximum atomic E-state index is 10.9. The zero-order valence-electron chi connectivity index (χ0n) is 22.0. The van der Waals surface area contributed by atoms with Gasteiger partial charge in [0.05, 0.1) is 18.8 Å². The molecule has 6 rings (SSSR count). The first-order valence-electron chi connectivity index (χ1n) is 13.7. The van der Waals surface area contributed by atoms with Crippen LogP contribution in [0.5, 0.6) is 0 Å². The molecular formula is C30H46O3. The van der Waals surface area contributed by atoms with Crippen LogP contribution in [0.3, 0.4) is 0 Å². The van der Waals surface area contributed by atoms with E-state index < -0.39 is 5.79 Å². The average Bonchev–Trinajstić information content (AvgIpc) is 3.22. The molecule has 5 fully saturated rings. The van der Waals surface area contributed by atoms with Crippen molar-refractivity contribution in [3.63, 3.8) is 0 Å². The zero-order valence-corrected chi connectivity index (χ0v) is 22.0. The lowest BCUT2D eigenvalue weighted by atomic mass is 9.35. The second kappa shape index (κ2) is 6.77. The predicted molar refractivity (Wildman–Crippen MR) is 131 cm³/mol. The van der Waals surface area contributed by atoms with E-state index in [9.17, 15) is 5.11 Å². The largest absolute Gasteiger partial charge is 0.393 e. The van der Waals surface area contributed by atoms with Crippen LogP contribution in [0.4, 0.5) is 0 Å². The van der Waals surface area contributed by atoms with E-state index in [2.05, 4.69) is 60.6 Å². The maximum absolute atomic E-state index is 10.9. The van der Waals surface area contributed by atoms with Gasteiger partial charge in [-0.2, -0.15) is 0 Å². The molecule has 1 N–H and O–H groups in total. The Balaban J connectivity index is 1.40. The normalized spacial score (nSPS) is 56.2. The monoisotopic (exact) mass is 454 g/mol. The molecule has 10 atom stereocenters. The number of hydrogen-bond donors (Lipinski definition) is 1. The quantitative estimate of drug-likeness (QED) is 0.450. The predicted octanol–water partition coefficient (Wildman–Crippen LogP) is 6.66. The molecule has 4 aliphatic carbocycles. The van der Waals surface area contributed by atoms with E-state index in [4.69, 9.17) is 9.47 Å². The molecule has 2 aliphatic heterocycles. The fourth-order valence-corrected chi connectivity index (χ4v) is 11.1. The molecule has 2 spiro atoms. The Morgan fingerprint density at radius 3 is 2.52 bits per heavy atom. The van der Waals surface area contributed by atoms with Crippen LogP contribution >= 0.6 is 0 Å². The van der Waals surface area contributed by atoms with Gasteiger partial charge in [-0.3, -0.25) is 0 Å². The van der Waals surface area contributed by atoms with Crippen LogP contribution in [-0.2, 0) is 9.47 Å². The molecule has 0 aromatic carbocycles. The smallest absolute Gasteiger partial charge is 0.176 e. The average molecular weight is 455 g/mol. The Morgan fingerprint density at radius 2 is 1.79 bits per heavy atom. The highest BCUT2D eigenvalue weighted by atomic mass is 16.7. The van der Waals surface area contributed by atoms with Crippen LogP contribution in [0, 0.1) is 45.3 Å². The Labute approximate surface area is 201 Å². The highest BCUT2D eigenvalue weighted by Crippen LogP contribution is 2.79. The van der Waals surface area contributed by atoms with Crippen molar-refractivity contribution < 1.29 is 14.6 Å². The molecule has 0 aromatic rings. The first-order chi connectivity index (χ1) is 15.4. The molecule has 3 nitrogen and oxygen atoms in total. The third-order valence-corrected chi connectivity index (χ3v) is 12.4. The SMILES string of the molecule is CC(C)=C[C@H]1C=C(C)[C@H]2[C@@H]3CC[C@@H]4[C@@]5(C)CC[C@H](O)C(C)(C)[C@@H]5CC[C@@]4(C)[C@@]34CO[C@@]2(C4)O1. The molecule has 2 bridgehead atoms. The minimum absolute atomic E-state index is 0.0138. The molecule has 184 valence electrons. The summed E-state index contributed by atoms with van der Waals surface area (Å²) < 4.78 is 13.6. The topological polar surface area (TPSA) is 38.7 Å². The molecule has 0 unspecified atom stereocenters. The second-order valence-electron chi connectivity index (χ2n) is 14.3. The number of allylic oxidation sites excluding steroid dienone is 1. The molecule has 6 aliphatic rings. The molecule has 4 saturated carbocycles. The van der Waals surface area contributed by atoms with Crippen LogP contribution in [0.2, 0.25) is 0 Å². The molecule has 0 aromatic heterocycles. The van der Waals surface area contributed by atoms with Crippen LogP contribution in [0.15, 0.2) is 23.3 Å². The van der Waals surface area contributed by atoms with E-state index in [-0.39, 0.29) is 28.5 Å². The summed E-state index contributed by atoms with van der Waals surface area (Å²) in [5.74, 6) is 2.00. The minimum Gasteiger partial charge on any atom is -0.393 e. The highest BCUT2D eigenvalue weighted by molar-refractivity contribution is 5.31. The Kier molecular flexibility index (Phi) is 4.68. The number of aliphatic hydroxyl groups is 1. The standard InChI is InChI=1S/C30H46O3/c1-18(2)14-20-15-19(3)25-21-8-9-23-27(6)12-11-24(31)26(4,5)22(27)10-13-28(23,7)29(21)16-30(25,33-20)32-17-29/h14-15,20-25,31H,8-13,16-17H2,1-7H3/t20-,21-,22-,23+,24-,25-,27-,28+,29-,30-/m0/s1. The fourth-order valence-electron chi connectivity index (χ4n) is 11.1. The molecule has 3 heteroatoms. The summed E-state index contributed by atoms with van der Waals surface area (Å²) in [6.45, 7) is 17.5. The third-order valence-electron chi connectivity index (χ3n) is 12.4. The molecular weight excluding hydrogens is 408 g/mol. The van der Waals surface area contributed by atoms with E-state index >= 15 is 0 Å². The number of ether oxygens (including phenoxy) is 2. The van der Waals surface area contributed by atoms with Gasteiger partial charge in [-0.05, 0) is 93.3 Å². The molecule has 0 radical (unpaired) electrons. The van der Waals surface area contributed by atoms with Gasteiger partial charge in [0.25, 0.3) is 0 Å². The van der Waals surface area contributed by atoms with E-state index in [0.29, 0.717) is 29.1 Å². The van der Waals surface area contributed by atoms with E-state index in [1.165, 1.54) is 43.3 Å². The van der Waals surface area contributed by atoms with Gasteiger partial charge >= 0.3 is 0 Å². The third kappa shape index (κ3) is 2.63. The molecule has 1 saturated heterocycles. The van der Waals surface area contributed by atoms with Crippen LogP contribution in [0.1, 0.15) is 93.4 Å². The van der Waals surface area contributed by atoms with Gasteiger partial charge in [-0.1, -0.05) is 51.0 Å².